The van der Waals surface area contributed by atoms with E-state index >= 15 is 0 Å². The van der Waals surface area contributed by atoms with Gasteiger partial charge in [0.05, 0.1) is 17.4 Å². The third kappa shape index (κ3) is 2.92. The maximum absolute atomic E-state index is 4.51. The molecule has 0 bridgehead atoms. The van der Waals surface area contributed by atoms with Crippen LogP contribution >= 0.6 is 0 Å². The number of hydrogen-bond donors (Lipinski definition) is 0. The van der Waals surface area contributed by atoms with Gasteiger partial charge >= 0.3 is 0 Å². The van der Waals surface area contributed by atoms with Crippen LogP contribution in [0, 0.1) is 0 Å². The van der Waals surface area contributed by atoms with Gasteiger partial charge in [-0.05, 0) is 25.0 Å². The van der Waals surface area contributed by atoms with Gasteiger partial charge < -0.3 is 4.57 Å². The normalized spacial score (nSPS) is 13.0. The summed E-state index contributed by atoms with van der Waals surface area (Å²) in [4.78, 5) is 4.51. The molecule has 1 atom stereocenters. The summed E-state index contributed by atoms with van der Waals surface area (Å²) >= 11 is 0. The lowest BCUT2D eigenvalue weighted by Crippen LogP contribution is -2.07. The molecule has 0 saturated carbocycles. The average molecular weight is 244 g/mol. The molecule has 0 radical (unpaired) electrons. The molecular weight excluding hydrogens is 220 g/mol. The topological polar surface area (TPSA) is 17.8 Å². The van der Waals surface area contributed by atoms with Crippen molar-refractivity contribution in [1.29, 1.82) is 0 Å². The Bertz CT molecular complexity index is 473. The van der Waals surface area contributed by atoms with Gasteiger partial charge in [-0.3, -0.25) is 0 Å². The highest BCUT2D eigenvalue weighted by molar-refractivity contribution is 5.75. The van der Waals surface area contributed by atoms with E-state index in [-0.39, 0.29) is 0 Å². The first-order valence-electron chi connectivity index (χ1n) is 7.28. The Morgan fingerprint density at radius 3 is 2.67 bits per heavy atom. The molecule has 2 nitrogen and oxygen atoms in total. The summed E-state index contributed by atoms with van der Waals surface area (Å²) in [5.41, 5.74) is 2.40. The lowest BCUT2D eigenvalue weighted by Gasteiger charge is -2.18. The number of fused-ring (bicyclic) bond motifs is 1. The van der Waals surface area contributed by atoms with E-state index in [0.29, 0.717) is 6.04 Å². The van der Waals surface area contributed by atoms with Crippen LogP contribution in [-0.4, -0.2) is 9.55 Å². The molecule has 0 aliphatic heterocycles. The molecule has 2 aromatic rings. The predicted molar refractivity (Wildman–Crippen MR) is 77.8 cm³/mol. The van der Waals surface area contributed by atoms with Crippen LogP contribution < -0.4 is 0 Å². The number of para-hydroxylation sites is 2. The Labute approximate surface area is 110 Å². The third-order valence-corrected chi connectivity index (χ3v) is 3.64. The van der Waals surface area contributed by atoms with Crippen molar-refractivity contribution in [1.82, 2.24) is 9.55 Å². The molecule has 0 aliphatic carbocycles. The Balaban J connectivity index is 2.18. The first-order chi connectivity index (χ1) is 8.86. The second-order valence-electron chi connectivity index (χ2n) is 5.08. The van der Waals surface area contributed by atoms with Crippen molar-refractivity contribution < 1.29 is 0 Å². The van der Waals surface area contributed by atoms with Crippen molar-refractivity contribution >= 4 is 11.0 Å². The van der Waals surface area contributed by atoms with Crippen molar-refractivity contribution in [3.8, 4) is 0 Å². The van der Waals surface area contributed by atoms with Crippen molar-refractivity contribution in [3.63, 3.8) is 0 Å². The molecule has 1 heterocycles. The Hall–Kier alpha value is -1.31. The Morgan fingerprint density at radius 1 is 1.06 bits per heavy atom. The van der Waals surface area contributed by atoms with Gasteiger partial charge in [-0.1, -0.05) is 51.7 Å². The SMILES string of the molecule is CCCCCC(CCC)n1cnc2ccccc21. The van der Waals surface area contributed by atoms with E-state index in [1.807, 2.05) is 6.33 Å². The van der Waals surface area contributed by atoms with Crippen LogP contribution in [0.3, 0.4) is 0 Å². The molecule has 98 valence electrons. The number of rotatable bonds is 7. The first kappa shape index (κ1) is 13.1. The summed E-state index contributed by atoms with van der Waals surface area (Å²) in [6.07, 6.45) is 9.76. The smallest absolute Gasteiger partial charge is 0.0960 e. The van der Waals surface area contributed by atoms with E-state index < -0.39 is 0 Å². The minimum absolute atomic E-state index is 0.619. The zero-order valence-electron chi connectivity index (χ0n) is 11.6. The van der Waals surface area contributed by atoms with Crippen molar-refractivity contribution in [2.45, 2.75) is 58.4 Å². The van der Waals surface area contributed by atoms with Gasteiger partial charge in [-0.25, -0.2) is 4.98 Å². The molecule has 1 unspecified atom stereocenters. The molecule has 1 aromatic heterocycles. The largest absolute Gasteiger partial charge is 0.327 e. The van der Waals surface area contributed by atoms with Crippen LogP contribution in [0.25, 0.3) is 11.0 Å². The highest BCUT2D eigenvalue weighted by Gasteiger charge is 2.12. The van der Waals surface area contributed by atoms with Crippen LogP contribution in [0.15, 0.2) is 30.6 Å². The second kappa shape index (κ2) is 6.58. The monoisotopic (exact) mass is 244 g/mol. The minimum atomic E-state index is 0.619. The Kier molecular flexibility index (Phi) is 4.80. The van der Waals surface area contributed by atoms with Gasteiger partial charge in [-0.2, -0.15) is 0 Å². The van der Waals surface area contributed by atoms with E-state index in [1.54, 1.807) is 0 Å². The fourth-order valence-electron chi connectivity index (χ4n) is 2.65. The molecule has 2 rings (SSSR count). The lowest BCUT2D eigenvalue weighted by atomic mass is 10.0. The first-order valence-corrected chi connectivity index (χ1v) is 7.28. The molecule has 1 aromatic carbocycles. The van der Waals surface area contributed by atoms with E-state index in [2.05, 4.69) is 47.7 Å². The second-order valence-corrected chi connectivity index (χ2v) is 5.08. The molecule has 0 aliphatic rings. The van der Waals surface area contributed by atoms with Gasteiger partial charge in [0.1, 0.15) is 0 Å². The van der Waals surface area contributed by atoms with Gasteiger partial charge in [0.25, 0.3) is 0 Å². The molecule has 18 heavy (non-hydrogen) atoms. The highest BCUT2D eigenvalue weighted by Crippen LogP contribution is 2.25. The summed E-state index contributed by atoms with van der Waals surface area (Å²) in [6, 6.07) is 9.07. The van der Waals surface area contributed by atoms with Crippen molar-refractivity contribution in [2.75, 3.05) is 0 Å². The van der Waals surface area contributed by atoms with Crippen LogP contribution in [0.1, 0.15) is 58.4 Å². The summed E-state index contributed by atoms with van der Waals surface area (Å²) in [6.45, 7) is 4.54. The van der Waals surface area contributed by atoms with Crippen molar-refractivity contribution in [2.24, 2.45) is 0 Å². The van der Waals surface area contributed by atoms with E-state index in [0.717, 1.165) is 5.52 Å². The van der Waals surface area contributed by atoms with Gasteiger partial charge in [0, 0.05) is 6.04 Å². The number of hydrogen-bond acceptors (Lipinski definition) is 1. The van der Waals surface area contributed by atoms with Gasteiger partial charge in [0.15, 0.2) is 0 Å². The lowest BCUT2D eigenvalue weighted by molar-refractivity contribution is 0.421. The maximum Gasteiger partial charge on any atom is 0.0960 e. The number of nitrogens with zero attached hydrogens (tertiary/aromatic N) is 2. The van der Waals surface area contributed by atoms with Crippen LogP contribution in [0.5, 0.6) is 0 Å². The van der Waals surface area contributed by atoms with E-state index in [1.165, 1.54) is 44.0 Å². The molecule has 0 saturated heterocycles. The average Bonchev–Trinajstić information content (AvgIpc) is 2.82. The zero-order chi connectivity index (χ0) is 12.8. The van der Waals surface area contributed by atoms with Crippen LogP contribution in [0.2, 0.25) is 0 Å². The number of imidazole rings is 1. The van der Waals surface area contributed by atoms with E-state index in [9.17, 15) is 0 Å². The third-order valence-electron chi connectivity index (χ3n) is 3.64. The predicted octanol–water partition coefficient (Wildman–Crippen LogP) is 4.96. The van der Waals surface area contributed by atoms with Crippen LogP contribution in [0.4, 0.5) is 0 Å². The summed E-state index contributed by atoms with van der Waals surface area (Å²) in [5, 5.41) is 0. The van der Waals surface area contributed by atoms with Gasteiger partial charge in [-0.15, -0.1) is 0 Å². The number of unbranched alkanes of at least 4 members (excludes halogenated alkanes) is 2. The quantitative estimate of drug-likeness (QED) is 0.629. The standard InChI is InChI=1S/C16H24N2/c1-3-5-6-10-14(9-4-2)18-13-17-15-11-7-8-12-16(15)18/h7-8,11-14H,3-6,9-10H2,1-2H3. The fraction of sp³-hybridized carbons (Fsp3) is 0.562. The Morgan fingerprint density at radius 2 is 1.89 bits per heavy atom. The molecular formula is C16H24N2. The van der Waals surface area contributed by atoms with Crippen molar-refractivity contribution in [3.05, 3.63) is 30.6 Å². The van der Waals surface area contributed by atoms with E-state index in [4.69, 9.17) is 0 Å². The van der Waals surface area contributed by atoms with Gasteiger partial charge in [0.2, 0.25) is 0 Å². The molecule has 0 spiro atoms. The fourth-order valence-corrected chi connectivity index (χ4v) is 2.65. The summed E-state index contributed by atoms with van der Waals surface area (Å²) in [7, 11) is 0. The molecule has 2 heteroatoms. The van der Waals surface area contributed by atoms with Crippen LogP contribution in [-0.2, 0) is 0 Å². The minimum Gasteiger partial charge on any atom is -0.327 e. The number of benzene rings is 1. The molecule has 0 fully saturated rings. The summed E-state index contributed by atoms with van der Waals surface area (Å²) in [5.74, 6) is 0. The highest BCUT2D eigenvalue weighted by atomic mass is 15.1. The molecule has 0 N–H and O–H groups in total. The zero-order valence-corrected chi connectivity index (χ0v) is 11.6. The maximum atomic E-state index is 4.51. The number of aromatic nitrogens is 2. The molecule has 0 amide bonds. The summed E-state index contributed by atoms with van der Waals surface area (Å²) < 4.78 is 2.38.